The van der Waals surface area contributed by atoms with Gasteiger partial charge in [-0.1, -0.05) is 12.1 Å². The monoisotopic (exact) mass is 425 g/mol. The van der Waals surface area contributed by atoms with Crippen molar-refractivity contribution >= 4 is 29.2 Å². The number of nitrogens with zero attached hydrogens (tertiary/aromatic N) is 3. The first-order chi connectivity index (χ1) is 15.0. The second-order valence-corrected chi connectivity index (χ2v) is 7.53. The highest BCUT2D eigenvalue weighted by molar-refractivity contribution is 6.22. The summed E-state index contributed by atoms with van der Waals surface area (Å²) in [5, 5.41) is 0. The fourth-order valence-corrected chi connectivity index (χ4v) is 4.12. The van der Waals surface area contributed by atoms with E-state index in [1.54, 1.807) is 49.4 Å². The molecule has 2 saturated heterocycles. The molecule has 4 rings (SSSR count). The first-order valence-corrected chi connectivity index (χ1v) is 10.4. The molecule has 0 aromatic heterocycles. The first-order valence-electron chi connectivity index (χ1n) is 10.4. The SMILES string of the molecule is CCOC(=O)c1ccc(N2C(=O)C[C@H](N3CCN(c4ccccc4F)CC3)C2=O)cc1. The van der Waals surface area contributed by atoms with Crippen LogP contribution >= 0.6 is 0 Å². The predicted octanol–water partition coefficient (Wildman–Crippen LogP) is 2.46. The highest BCUT2D eigenvalue weighted by Gasteiger charge is 2.43. The Bertz CT molecular complexity index is 987. The number of piperazine rings is 1. The fourth-order valence-electron chi connectivity index (χ4n) is 4.12. The third-order valence-corrected chi connectivity index (χ3v) is 5.71. The topological polar surface area (TPSA) is 70.2 Å². The van der Waals surface area contributed by atoms with Crippen molar-refractivity contribution < 1.29 is 23.5 Å². The Morgan fingerprint density at radius 3 is 2.35 bits per heavy atom. The molecule has 0 radical (unpaired) electrons. The minimum absolute atomic E-state index is 0.109. The third kappa shape index (κ3) is 4.16. The quantitative estimate of drug-likeness (QED) is 0.542. The number of esters is 1. The number of para-hydroxylation sites is 1. The lowest BCUT2D eigenvalue weighted by atomic mass is 10.1. The molecule has 2 fully saturated rings. The molecule has 0 aliphatic carbocycles. The van der Waals surface area contributed by atoms with Crippen LogP contribution < -0.4 is 9.80 Å². The number of hydrogen-bond donors (Lipinski definition) is 0. The van der Waals surface area contributed by atoms with E-state index in [2.05, 4.69) is 0 Å². The molecule has 2 aliphatic heterocycles. The maximum Gasteiger partial charge on any atom is 0.338 e. The number of benzene rings is 2. The molecule has 2 aromatic carbocycles. The summed E-state index contributed by atoms with van der Waals surface area (Å²) >= 11 is 0. The van der Waals surface area contributed by atoms with Crippen molar-refractivity contribution in [3.05, 3.63) is 59.9 Å². The smallest absolute Gasteiger partial charge is 0.338 e. The number of rotatable bonds is 5. The number of hydrogen-bond acceptors (Lipinski definition) is 6. The summed E-state index contributed by atoms with van der Waals surface area (Å²) in [6.45, 7) is 4.28. The third-order valence-electron chi connectivity index (χ3n) is 5.71. The highest BCUT2D eigenvalue weighted by atomic mass is 19.1. The van der Waals surface area contributed by atoms with Gasteiger partial charge in [-0.05, 0) is 43.3 Å². The molecule has 1 atom stereocenters. The van der Waals surface area contributed by atoms with Crippen molar-refractivity contribution in [2.24, 2.45) is 0 Å². The van der Waals surface area contributed by atoms with Gasteiger partial charge in [0, 0.05) is 26.2 Å². The Morgan fingerprint density at radius 1 is 1.03 bits per heavy atom. The summed E-state index contributed by atoms with van der Waals surface area (Å²) in [5.74, 6) is -1.25. The number of anilines is 2. The second-order valence-electron chi connectivity index (χ2n) is 7.53. The molecule has 2 aromatic rings. The van der Waals surface area contributed by atoms with Crippen LogP contribution in [-0.4, -0.2) is 61.5 Å². The van der Waals surface area contributed by atoms with E-state index >= 15 is 0 Å². The Hall–Kier alpha value is -3.26. The zero-order chi connectivity index (χ0) is 22.0. The lowest BCUT2D eigenvalue weighted by Crippen LogP contribution is -2.52. The Kier molecular flexibility index (Phi) is 5.99. The largest absolute Gasteiger partial charge is 0.462 e. The molecule has 0 bridgehead atoms. The molecule has 0 N–H and O–H groups in total. The molecule has 2 amide bonds. The molecule has 0 unspecified atom stereocenters. The van der Waals surface area contributed by atoms with Crippen molar-refractivity contribution in [2.75, 3.05) is 42.6 Å². The van der Waals surface area contributed by atoms with Crippen LogP contribution in [0, 0.1) is 5.82 Å². The summed E-state index contributed by atoms with van der Waals surface area (Å²) in [5.41, 5.74) is 1.36. The molecular formula is C23H24FN3O4. The van der Waals surface area contributed by atoms with E-state index < -0.39 is 12.0 Å². The van der Waals surface area contributed by atoms with E-state index in [9.17, 15) is 18.8 Å². The predicted molar refractivity (Wildman–Crippen MR) is 113 cm³/mol. The van der Waals surface area contributed by atoms with E-state index in [1.807, 2.05) is 9.80 Å². The van der Waals surface area contributed by atoms with Gasteiger partial charge >= 0.3 is 5.97 Å². The molecule has 2 aliphatic rings. The number of halogens is 1. The lowest BCUT2D eigenvalue weighted by molar-refractivity contribution is -0.123. The van der Waals surface area contributed by atoms with Gasteiger partial charge in [-0.2, -0.15) is 0 Å². The molecule has 0 spiro atoms. The van der Waals surface area contributed by atoms with Crippen LogP contribution in [-0.2, 0) is 14.3 Å². The number of amides is 2. The van der Waals surface area contributed by atoms with E-state index in [0.29, 0.717) is 43.1 Å². The van der Waals surface area contributed by atoms with Crippen LogP contribution in [0.5, 0.6) is 0 Å². The van der Waals surface area contributed by atoms with Crippen LogP contribution in [0.25, 0.3) is 0 Å². The van der Waals surface area contributed by atoms with Gasteiger partial charge in [0.15, 0.2) is 0 Å². The van der Waals surface area contributed by atoms with Crippen molar-refractivity contribution in [1.82, 2.24) is 4.90 Å². The van der Waals surface area contributed by atoms with Crippen molar-refractivity contribution in [1.29, 1.82) is 0 Å². The van der Waals surface area contributed by atoms with E-state index in [-0.39, 0.29) is 30.7 Å². The van der Waals surface area contributed by atoms with Gasteiger partial charge in [0.05, 0.1) is 36.0 Å². The molecular weight excluding hydrogens is 401 g/mol. The Labute approximate surface area is 180 Å². The van der Waals surface area contributed by atoms with Gasteiger partial charge in [-0.3, -0.25) is 14.5 Å². The fraction of sp³-hybridized carbons (Fsp3) is 0.348. The maximum absolute atomic E-state index is 14.1. The van der Waals surface area contributed by atoms with Crippen LogP contribution in [0.1, 0.15) is 23.7 Å². The zero-order valence-electron chi connectivity index (χ0n) is 17.3. The summed E-state index contributed by atoms with van der Waals surface area (Å²) in [4.78, 5) is 42.6. The molecule has 7 nitrogen and oxygen atoms in total. The van der Waals surface area contributed by atoms with Gasteiger partial charge in [0.2, 0.25) is 5.91 Å². The second kappa shape index (κ2) is 8.85. The molecule has 0 saturated carbocycles. The summed E-state index contributed by atoms with van der Waals surface area (Å²) in [7, 11) is 0. The van der Waals surface area contributed by atoms with E-state index in [1.165, 1.54) is 11.0 Å². The Balaban J connectivity index is 1.42. The minimum Gasteiger partial charge on any atom is -0.462 e. The Morgan fingerprint density at radius 2 is 1.71 bits per heavy atom. The minimum atomic E-state index is -0.528. The van der Waals surface area contributed by atoms with Gasteiger partial charge in [0.1, 0.15) is 5.82 Å². The number of carbonyl (C=O) groups excluding carboxylic acids is 3. The average Bonchev–Trinajstić information content (AvgIpc) is 3.08. The van der Waals surface area contributed by atoms with Crippen LogP contribution in [0.4, 0.5) is 15.8 Å². The normalized spacial score (nSPS) is 19.7. The summed E-state index contributed by atoms with van der Waals surface area (Å²) in [6, 6.07) is 12.4. The standard InChI is InChI=1S/C23H24FN3O4/c1-2-31-23(30)16-7-9-17(10-8-16)27-21(28)15-20(22(27)29)26-13-11-25(12-14-26)19-6-4-3-5-18(19)24/h3-10,20H,2,11-15H2,1H3/t20-/m0/s1. The molecule has 2 heterocycles. The maximum atomic E-state index is 14.1. The first kappa shape index (κ1) is 21.0. The van der Waals surface area contributed by atoms with E-state index in [0.717, 1.165) is 0 Å². The van der Waals surface area contributed by atoms with Crippen molar-refractivity contribution in [3.63, 3.8) is 0 Å². The van der Waals surface area contributed by atoms with E-state index in [4.69, 9.17) is 4.74 Å². The van der Waals surface area contributed by atoms with Gasteiger partial charge < -0.3 is 9.64 Å². The average molecular weight is 425 g/mol. The molecule has 31 heavy (non-hydrogen) atoms. The lowest BCUT2D eigenvalue weighted by Gasteiger charge is -2.38. The van der Waals surface area contributed by atoms with Crippen LogP contribution in [0.15, 0.2) is 48.5 Å². The molecule has 8 heteroatoms. The number of ether oxygens (including phenoxy) is 1. The van der Waals surface area contributed by atoms with Crippen molar-refractivity contribution in [2.45, 2.75) is 19.4 Å². The summed E-state index contributed by atoms with van der Waals surface area (Å²) in [6.07, 6.45) is 0.109. The van der Waals surface area contributed by atoms with Gasteiger partial charge in [0.25, 0.3) is 5.91 Å². The van der Waals surface area contributed by atoms with Gasteiger partial charge in [-0.25, -0.2) is 14.1 Å². The molecule has 162 valence electrons. The highest BCUT2D eigenvalue weighted by Crippen LogP contribution is 2.28. The van der Waals surface area contributed by atoms with Crippen molar-refractivity contribution in [3.8, 4) is 0 Å². The van der Waals surface area contributed by atoms with Crippen LogP contribution in [0.3, 0.4) is 0 Å². The summed E-state index contributed by atoms with van der Waals surface area (Å²) < 4.78 is 19.0. The zero-order valence-corrected chi connectivity index (χ0v) is 17.3. The van der Waals surface area contributed by atoms with Crippen LogP contribution in [0.2, 0.25) is 0 Å². The number of imide groups is 1. The number of carbonyl (C=O) groups is 3. The van der Waals surface area contributed by atoms with Gasteiger partial charge in [-0.15, -0.1) is 0 Å².